The van der Waals surface area contributed by atoms with Gasteiger partial charge in [0.2, 0.25) is 5.91 Å². The Morgan fingerprint density at radius 3 is 2.67 bits per heavy atom. The van der Waals surface area contributed by atoms with Crippen molar-refractivity contribution in [2.75, 3.05) is 19.0 Å². The number of nitrogens with zero attached hydrogens (tertiary/aromatic N) is 3. The van der Waals surface area contributed by atoms with Gasteiger partial charge in [-0.05, 0) is 66.8 Å². The minimum atomic E-state index is -0.496. The van der Waals surface area contributed by atoms with E-state index in [0.29, 0.717) is 10.7 Å². The van der Waals surface area contributed by atoms with Crippen LogP contribution in [0.1, 0.15) is 40.3 Å². The normalized spacial score (nSPS) is 16.6. The van der Waals surface area contributed by atoms with Gasteiger partial charge in [0.05, 0.1) is 36.1 Å². The van der Waals surface area contributed by atoms with E-state index in [-0.39, 0.29) is 36.6 Å². The van der Waals surface area contributed by atoms with Gasteiger partial charge < -0.3 is 24.8 Å². The number of para-hydroxylation sites is 1. The van der Waals surface area contributed by atoms with Crippen molar-refractivity contribution < 1.29 is 18.7 Å². The van der Waals surface area contributed by atoms with Crippen LogP contribution in [0.25, 0.3) is 5.69 Å². The molecular formula is C29H26FN5O3S. The Morgan fingerprint density at radius 1 is 1.08 bits per heavy atom. The Morgan fingerprint density at radius 2 is 1.90 bits per heavy atom. The van der Waals surface area contributed by atoms with E-state index in [9.17, 15) is 14.0 Å². The molecule has 8 nitrogen and oxygen atoms in total. The van der Waals surface area contributed by atoms with Crippen molar-refractivity contribution in [1.29, 1.82) is 0 Å². The number of ether oxygens (including phenoxy) is 1. The molecule has 1 amide bonds. The maximum absolute atomic E-state index is 14.1. The lowest BCUT2D eigenvalue weighted by molar-refractivity contribution is -0.116. The molecule has 2 N–H and O–H groups in total. The molecule has 2 atom stereocenters. The number of amides is 1. The number of carbonyl (C=O) groups is 2. The van der Waals surface area contributed by atoms with E-state index >= 15 is 0 Å². The fourth-order valence-electron chi connectivity index (χ4n) is 4.74. The van der Waals surface area contributed by atoms with Crippen LogP contribution in [0.3, 0.4) is 0 Å². The maximum atomic E-state index is 14.1. The van der Waals surface area contributed by atoms with Crippen LogP contribution in [-0.4, -0.2) is 45.1 Å². The van der Waals surface area contributed by atoms with Gasteiger partial charge >= 0.3 is 5.97 Å². The number of pyridine rings is 1. The van der Waals surface area contributed by atoms with Crippen molar-refractivity contribution in [3.63, 3.8) is 0 Å². The van der Waals surface area contributed by atoms with E-state index in [0.717, 1.165) is 17.1 Å². The van der Waals surface area contributed by atoms with Crippen molar-refractivity contribution in [2.45, 2.75) is 18.5 Å². The number of anilines is 1. The number of rotatable bonds is 8. The molecule has 1 saturated heterocycles. The lowest BCUT2D eigenvalue weighted by atomic mass is 10.0. The number of aromatic nitrogens is 2. The fourth-order valence-corrected chi connectivity index (χ4v) is 5.07. The Balaban J connectivity index is 1.46. The summed E-state index contributed by atoms with van der Waals surface area (Å²) in [6.45, 7) is 0.285. The van der Waals surface area contributed by atoms with Gasteiger partial charge in [-0.25, -0.2) is 9.18 Å². The average molecular weight is 544 g/mol. The SMILES string of the molecule is COC(=O)c1cccc(-n2cccc2[C@H]2[C@@H](c3ccccn3)NC(=S)N2CCC(=O)Nc2ccccc2F)c1. The summed E-state index contributed by atoms with van der Waals surface area (Å²) in [5.41, 5.74) is 3.01. The first-order valence-corrected chi connectivity index (χ1v) is 12.8. The first kappa shape index (κ1) is 26.1. The molecule has 0 bridgehead atoms. The van der Waals surface area contributed by atoms with Gasteiger partial charge in [0.15, 0.2) is 5.11 Å². The van der Waals surface area contributed by atoms with Gasteiger partial charge in [-0.1, -0.05) is 24.3 Å². The smallest absolute Gasteiger partial charge is 0.337 e. The van der Waals surface area contributed by atoms with Crippen molar-refractivity contribution in [1.82, 2.24) is 19.8 Å². The summed E-state index contributed by atoms with van der Waals surface area (Å²) >= 11 is 5.73. The van der Waals surface area contributed by atoms with Crippen LogP contribution in [0.5, 0.6) is 0 Å². The Kier molecular flexibility index (Phi) is 7.64. The lowest BCUT2D eigenvalue weighted by Crippen LogP contribution is -2.33. The van der Waals surface area contributed by atoms with Crippen LogP contribution < -0.4 is 10.6 Å². The molecule has 2 aromatic carbocycles. The highest BCUT2D eigenvalue weighted by atomic mass is 32.1. The van der Waals surface area contributed by atoms with E-state index in [1.165, 1.54) is 19.2 Å². The molecule has 0 unspecified atom stereocenters. The molecule has 5 rings (SSSR count). The third-order valence-electron chi connectivity index (χ3n) is 6.55. The number of halogens is 1. The lowest BCUT2D eigenvalue weighted by Gasteiger charge is -2.29. The van der Waals surface area contributed by atoms with Crippen LogP contribution in [0.2, 0.25) is 0 Å². The van der Waals surface area contributed by atoms with E-state index in [2.05, 4.69) is 15.6 Å². The Bertz CT molecular complexity index is 1510. The van der Waals surface area contributed by atoms with Crippen molar-refractivity contribution in [3.8, 4) is 5.69 Å². The van der Waals surface area contributed by atoms with Gasteiger partial charge in [-0.15, -0.1) is 0 Å². The molecule has 3 heterocycles. The summed E-state index contributed by atoms with van der Waals surface area (Å²) in [6.07, 6.45) is 3.71. The van der Waals surface area contributed by atoms with Crippen molar-refractivity contribution in [3.05, 3.63) is 114 Å². The van der Waals surface area contributed by atoms with E-state index in [4.69, 9.17) is 17.0 Å². The Labute approximate surface area is 230 Å². The summed E-state index contributed by atoms with van der Waals surface area (Å²) in [7, 11) is 1.35. The second-order valence-corrected chi connectivity index (χ2v) is 9.33. The molecule has 4 aromatic rings. The molecule has 2 aromatic heterocycles. The second kappa shape index (κ2) is 11.4. The number of hydrogen-bond donors (Lipinski definition) is 2. The molecule has 0 saturated carbocycles. The minimum absolute atomic E-state index is 0.0835. The predicted molar refractivity (Wildman–Crippen MR) is 149 cm³/mol. The molecule has 39 heavy (non-hydrogen) atoms. The monoisotopic (exact) mass is 543 g/mol. The topological polar surface area (TPSA) is 88.5 Å². The molecule has 0 radical (unpaired) electrons. The molecule has 1 aliphatic rings. The average Bonchev–Trinajstić information content (AvgIpc) is 3.57. The van der Waals surface area contributed by atoms with E-state index < -0.39 is 11.8 Å². The number of benzene rings is 2. The minimum Gasteiger partial charge on any atom is -0.465 e. The first-order valence-electron chi connectivity index (χ1n) is 12.3. The van der Waals surface area contributed by atoms with Gasteiger partial charge in [-0.3, -0.25) is 9.78 Å². The van der Waals surface area contributed by atoms with E-state index in [1.54, 1.807) is 36.5 Å². The van der Waals surface area contributed by atoms with Crippen LogP contribution >= 0.6 is 12.2 Å². The zero-order valence-electron chi connectivity index (χ0n) is 21.1. The highest BCUT2D eigenvalue weighted by Crippen LogP contribution is 2.39. The van der Waals surface area contributed by atoms with Crippen LogP contribution in [0.4, 0.5) is 10.1 Å². The van der Waals surface area contributed by atoms with Crippen LogP contribution in [0.15, 0.2) is 91.3 Å². The summed E-state index contributed by atoms with van der Waals surface area (Å²) < 4.78 is 20.9. The highest BCUT2D eigenvalue weighted by molar-refractivity contribution is 7.80. The largest absolute Gasteiger partial charge is 0.465 e. The summed E-state index contributed by atoms with van der Waals surface area (Å²) in [5, 5.41) is 6.49. The predicted octanol–water partition coefficient (Wildman–Crippen LogP) is 4.80. The van der Waals surface area contributed by atoms with E-state index in [1.807, 2.05) is 52.1 Å². The second-order valence-electron chi connectivity index (χ2n) is 8.94. The standard InChI is InChI=1S/C29H26FN5O3S/c1-38-28(37)19-8-6-9-20(18-19)34-16-7-13-24(34)27-26(23-12-4-5-15-31-23)33-29(39)35(27)17-14-25(36)32-22-11-3-2-10-21(22)30/h2-13,15-16,18,26-27H,14,17H2,1H3,(H,32,36)(H,33,39)/t26-,27+/m1/s1. The zero-order valence-corrected chi connectivity index (χ0v) is 21.9. The number of esters is 1. The van der Waals surface area contributed by atoms with Gasteiger partial charge in [0.25, 0.3) is 0 Å². The first-order chi connectivity index (χ1) is 19.0. The zero-order chi connectivity index (χ0) is 27.4. The molecule has 10 heteroatoms. The number of thiocarbonyl (C=S) groups is 1. The van der Waals surface area contributed by atoms with Gasteiger partial charge in [0, 0.05) is 36.7 Å². The molecule has 198 valence electrons. The third kappa shape index (κ3) is 5.51. The Hall–Kier alpha value is -4.57. The highest BCUT2D eigenvalue weighted by Gasteiger charge is 2.41. The number of hydrogen-bond acceptors (Lipinski definition) is 5. The molecular weight excluding hydrogens is 517 g/mol. The maximum Gasteiger partial charge on any atom is 0.337 e. The van der Waals surface area contributed by atoms with Gasteiger partial charge in [-0.2, -0.15) is 0 Å². The van der Waals surface area contributed by atoms with Gasteiger partial charge in [0.1, 0.15) is 5.82 Å². The van der Waals surface area contributed by atoms with Crippen molar-refractivity contribution >= 4 is 34.9 Å². The molecule has 1 aliphatic heterocycles. The fraction of sp³-hybridized carbons (Fsp3) is 0.172. The third-order valence-corrected chi connectivity index (χ3v) is 6.91. The summed E-state index contributed by atoms with van der Waals surface area (Å²) in [5.74, 6) is -1.25. The molecule has 0 spiro atoms. The number of methoxy groups -OCH3 is 1. The number of nitrogens with one attached hydrogen (secondary N) is 2. The quantitative estimate of drug-likeness (QED) is 0.244. The van der Waals surface area contributed by atoms with Crippen LogP contribution in [0, 0.1) is 5.82 Å². The van der Waals surface area contributed by atoms with Crippen LogP contribution in [-0.2, 0) is 9.53 Å². The van der Waals surface area contributed by atoms with Crippen molar-refractivity contribution in [2.24, 2.45) is 0 Å². The number of carbonyl (C=O) groups excluding carboxylic acids is 2. The summed E-state index contributed by atoms with van der Waals surface area (Å²) in [6, 6.07) is 22.1. The summed E-state index contributed by atoms with van der Waals surface area (Å²) in [4.78, 5) is 31.4. The molecule has 1 fully saturated rings. The molecule has 0 aliphatic carbocycles.